The number of ether oxygens (including phenoxy) is 2. The van der Waals surface area contributed by atoms with Gasteiger partial charge in [-0.25, -0.2) is 0 Å². The summed E-state index contributed by atoms with van der Waals surface area (Å²) in [7, 11) is 0. The van der Waals surface area contributed by atoms with E-state index in [1.165, 1.54) is 5.56 Å². The van der Waals surface area contributed by atoms with Crippen LogP contribution in [0.5, 0.6) is 11.5 Å². The standard InChI is InChI=1S/C31H34N2O5/c1-21(22-8-6-5-7-9-22)32-28(34)20-37-30(36)23-18-29(35)33(19-23)25-12-16-27(17-13-25)38-26-14-10-24(11-15-26)31(2,3)4/h5-17,21,23H,18-20H2,1-4H3,(H,32,34)/t21-,23+/m1/s1. The van der Waals surface area contributed by atoms with Crippen LogP contribution in [0.4, 0.5) is 5.69 Å². The van der Waals surface area contributed by atoms with Crippen LogP contribution >= 0.6 is 0 Å². The number of hydrogen-bond donors (Lipinski definition) is 1. The van der Waals surface area contributed by atoms with Gasteiger partial charge >= 0.3 is 5.97 Å². The summed E-state index contributed by atoms with van der Waals surface area (Å²) in [6.45, 7) is 8.17. The molecule has 1 saturated heterocycles. The Bertz CT molecular complexity index is 1260. The summed E-state index contributed by atoms with van der Waals surface area (Å²) in [4.78, 5) is 39.0. The van der Waals surface area contributed by atoms with Crippen LogP contribution in [0, 0.1) is 5.92 Å². The number of amides is 2. The van der Waals surface area contributed by atoms with Crippen molar-refractivity contribution in [1.82, 2.24) is 5.32 Å². The van der Waals surface area contributed by atoms with Crippen molar-refractivity contribution < 1.29 is 23.9 Å². The highest BCUT2D eigenvalue weighted by Gasteiger charge is 2.36. The first-order chi connectivity index (χ1) is 18.1. The van der Waals surface area contributed by atoms with E-state index < -0.39 is 11.9 Å². The lowest BCUT2D eigenvalue weighted by molar-refractivity contribution is -0.152. The van der Waals surface area contributed by atoms with Crippen LogP contribution in [0.25, 0.3) is 0 Å². The third-order valence-corrected chi connectivity index (χ3v) is 6.59. The molecule has 38 heavy (non-hydrogen) atoms. The van der Waals surface area contributed by atoms with Crippen LogP contribution in [-0.4, -0.2) is 30.9 Å². The molecule has 1 aliphatic rings. The molecule has 3 aromatic carbocycles. The average molecular weight is 515 g/mol. The van der Waals surface area contributed by atoms with Crippen LogP contribution in [0.1, 0.15) is 51.3 Å². The van der Waals surface area contributed by atoms with Crippen molar-refractivity contribution in [2.45, 2.75) is 45.6 Å². The first-order valence-corrected chi connectivity index (χ1v) is 12.8. The van der Waals surface area contributed by atoms with E-state index in [4.69, 9.17) is 9.47 Å². The maximum absolute atomic E-state index is 12.6. The highest BCUT2D eigenvalue weighted by atomic mass is 16.5. The van der Waals surface area contributed by atoms with E-state index in [1.54, 1.807) is 29.2 Å². The molecular formula is C31H34N2O5. The van der Waals surface area contributed by atoms with Crippen molar-refractivity contribution in [1.29, 1.82) is 0 Å². The van der Waals surface area contributed by atoms with E-state index in [1.807, 2.05) is 49.4 Å². The number of carbonyl (C=O) groups is 3. The Kier molecular flexibility index (Phi) is 8.15. The fourth-order valence-corrected chi connectivity index (χ4v) is 4.33. The molecule has 0 saturated carbocycles. The first-order valence-electron chi connectivity index (χ1n) is 12.8. The van der Waals surface area contributed by atoms with Gasteiger partial charge < -0.3 is 19.7 Å². The summed E-state index contributed by atoms with van der Waals surface area (Å²) in [6.07, 6.45) is 0.0409. The average Bonchev–Trinajstić information content (AvgIpc) is 3.29. The molecular weight excluding hydrogens is 480 g/mol. The zero-order valence-corrected chi connectivity index (χ0v) is 22.3. The molecule has 0 bridgehead atoms. The van der Waals surface area contributed by atoms with Gasteiger partial charge in [0, 0.05) is 18.7 Å². The summed E-state index contributed by atoms with van der Waals surface area (Å²) >= 11 is 0. The fraction of sp³-hybridized carbons (Fsp3) is 0.323. The number of benzene rings is 3. The molecule has 1 aliphatic heterocycles. The Hall–Kier alpha value is -4.13. The Morgan fingerprint density at radius 1 is 0.947 bits per heavy atom. The maximum Gasteiger partial charge on any atom is 0.311 e. The molecule has 0 aromatic heterocycles. The van der Waals surface area contributed by atoms with Crippen LogP contribution in [-0.2, 0) is 24.5 Å². The van der Waals surface area contributed by atoms with Crippen molar-refractivity contribution in [2.75, 3.05) is 18.1 Å². The number of esters is 1. The van der Waals surface area contributed by atoms with Gasteiger partial charge in [0.25, 0.3) is 5.91 Å². The molecule has 2 atom stereocenters. The van der Waals surface area contributed by atoms with Gasteiger partial charge in [0.15, 0.2) is 6.61 Å². The molecule has 4 rings (SSSR count). The van der Waals surface area contributed by atoms with E-state index in [9.17, 15) is 14.4 Å². The zero-order chi connectivity index (χ0) is 27.3. The lowest BCUT2D eigenvalue weighted by atomic mass is 9.87. The van der Waals surface area contributed by atoms with E-state index in [-0.39, 0.29) is 42.8 Å². The molecule has 3 aromatic rings. The molecule has 0 aliphatic carbocycles. The summed E-state index contributed by atoms with van der Waals surface area (Å²) in [6, 6.07) is 24.5. The lowest BCUT2D eigenvalue weighted by Gasteiger charge is -2.19. The minimum Gasteiger partial charge on any atom is -0.457 e. The van der Waals surface area contributed by atoms with Crippen molar-refractivity contribution in [2.24, 2.45) is 5.92 Å². The van der Waals surface area contributed by atoms with Gasteiger partial charge in [-0.1, -0.05) is 63.2 Å². The van der Waals surface area contributed by atoms with Gasteiger partial charge in [-0.3, -0.25) is 14.4 Å². The minimum atomic E-state index is -0.626. The summed E-state index contributed by atoms with van der Waals surface area (Å²) in [5.41, 5.74) is 2.93. The van der Waals surface area contributed by atoms with Crippen molar-refractivity contribution in [3.63, 3.8) is 0 Å². The van der Waals surface area contributed by atoms with Gasteiger partial charge in [0.1, 0.15) is 11.5 Å². The number of anilines is 1. The molecule has 1 fully saturated rings. The van der Waals surface area contributed by atoms with E-state index >= 15 is 0 Å². The molecule has 198 valence electrons. The third kappa shape index (κ3) is 6.79. The predicted octanol–water partition coefficient (Wildman–Crippen LogP) is 5.55. The molecule has 0 spiro atoms. The number of nitrogens with one attached hydrogen (secondary N) is 1. The van der Waals surface area contributed by atoms with Crippen LogP contribution in [0.3, 0.4) is 0 Å². The molecule has 7 heteroatoms. The quantitative estimate of drug-likeness (QED) is 0.399. The van der Waals surface area contributed by atoms with Gasteiger partial charge in [0.2, 0.25) is 5.91 Å². The zero-order valence-electron chi connectivity index (χ0n) is 22.3. The second-order valence-corrected chi connectivity index (χ2v) is 10.6. The van der Waals surface area contributed by atoms with E-state index in [0.717, 1.165) is 11.3 Å². The molecule has 1 N–H and O–H groups in total. The molecule has 2 amide bonds. The third-order valence-electron chi connectivity index (χ3n) is 6.59. The van der Waals surface area contributed by atoms with Crippen LogP contribution in [0.15, 0.2) is 78.9 Å². The second-order valence-electron chi connectivity index (χ2n) is 10.6. The van der Waals surface area contributed by atoms with Gasteiger partial charge in [-0.2, -0.15) is 0 Å². The Morgan fingerprint density at radius 3 is 2.16 bits per heavy atom. The highest BCUT2D eigenvalue weighted by molar-refractivity contribution is 5.99. The largest absolute Gasteiger partial charge is 0.457 e. The van der Waals surface area contributed by atoms with Crippen molar-refractivity contribution in [3.05, 3.63) is 90.0 Å². The van der Waals surface area contributed by atoms with E-state index in [2.05, 4.69) is 38.2 Å². The first kappa shape index (κ1) is 26.9. The predicted molar refractivity (Wildman–Crippen MR) is 146 cm³/mol. The SMILES string of the molecule is C[C@@H](NC(=O)COC(=O)[C@H]1CC(=O)N(c2ccc(Oc3ccc(C(C)(C)C)cc3)cc2)C1)c1ccccc1. The van der Waals surface area contributed by atoms with Crippen molar-refractivity contribution >= 4 is 23.5 Å². The van der Waals surface area contributed by atoms with Crippen molar-refractivity contribution in [3.8, 4) is 11.5 Å². The summed E-state index contributed by atoms with van der Waals surface area (Å²) in [5, 5.41) is 2.81. The van der Waals surface area contributed by atoms with Gasteiger partial charge in [0.05, 0.1) is 12.0 Å². The molecule has 0 radical (unpaired) electrons. The second kappa shape index (κ2) is 11.5. The number of hydrogen-bond acceptors (Lipinski definition) is 5. The minimum absolute atomic E-state index is 0.0409. The normalized spacial score (nSPS) is 16.2. The highest BCUT2D eigenvalue weighted by Crippen LogP contribution is 2.30. The monoisotopic (exact) mass is 514 g/mol. The molecule has 7 nitrogen and oxygen atoms in total. The fourth-order valence-electron chi connectivity index (χ4n) is 4.33. The maximum atomic E-state index is 12.6. The van der Waals surface area contributed by atoms with Crippen LogP contribution in [0.2, 0.25) is 0 Å². The number of carbonyl (C=O) groups excluding carboxylic acids is 3. The molecule has 1 heterocycles. The summed E-state index contributed by atoms with van der Waals surface area (Å²) < 4.78 is 11.2. The molecule has 0 unspecified atom stereocenters. The van der Waals surface area contributed by atoms with Crippen LogP contribution < -0.4 is 15.0 Å². The smallest absolute Gasteiger partial charge is 0.311 e. The Morgan fingerprint density at radius 2 is 1.55 bits per heavy atom. The number of nitrogens with zero attached hydrogens (tertiary/aromatic N) is 1. The van der Waals surface area contributed by atoms with Gasteiger partial charge in [-0.05, 0) is 59.9 Å². The Labute approximate surface area is 223 Å². The summed E-state index contributed by atoms with van der Waals surface area (Å²) in [5.74, 6) is -0.357. The van der Waals surface area contributed by atoms with Gasteiger partial charge in [-0.15, -0.1) is 0 Å². The number of rotatable bonds is 8. The Balaban J connectivity index is 1.27. The topological polar surface area (TPSA) is 84.9 Å². The lowest BCUT2D eigenvalue weighted by Crippen LogP contribution is -2.32. The van der Waals surface area contributed by atoms with E-state index in [0.29, 0.717) is 11.4 Å².